The minimum atomic E-state index is -3.51. The van der Waals surface area contributed by atoms with Crippen LogP contribution in [-0.4, -0.2) is 49.8 Å². The second kappa shape index (κ2) is 7.32. The number of sulfonamides is 1. The maximum Gasteiger partial charge on any atom is 0.244 e. The molecular weight excluding hydrogens is 312 g/mol. The molecular formula is C16H30N4O2S. The molecule has 0 bridgehead atoms. The van der Waals surface area contributed by atoms with Gasteiger partial charge in [-0.3, -0.25) is 4.68 Å². The third-order valence-electron chi connectivity index (χ3n) is 4.41. The second-order valence-corrected chi connectivity index (χ2v) is 8.90. The quantitative estimate of drug-likeness (QED) is 0.856. The monoisotopic (exact) mass is 342 g/mol. The molecule has 0 aromatic carbocycles. The van der Waals surface area contributed by atoms with Gasteiger partial charge in [0.05, 0.1) is 11.4 Å². The number of piperidine rings is 1. The topological polar surface area (TPSA) is 67.2 Å². The van der Waals surface area contributed by atoms with E-state index in [0.717, 1.165) is 38.2 Å². The molecule has 1 aromatic rings. The van der Waals surface area contributed by atoms with Gasteiger partial charge in [-0.25, -0.2) is 13.1 Å². The SMILES string of the molecule is Cc1nn(CC(C)C)c(C)c1S(=O)(=O)NC[C@H]1CCCN(C)C1. The lowest BCUT2D eigenvalue weighted by Gasteiger charge is -2.29. The van der Waals surface area contributed by atoms with Gasteiger partial charge in [-0.05, 0) is 52.1 Å². The Balaban J connectivity index is 2.11. The standard InChI is InChI=1S/C16H30N4O2S/c1-12(2)10-20-14(4)16(13(3)18-20)23(21,22)17-9-15-7-6-8-19(5)11-15/h12,15,17H,6-11H2,1-5H3/t15-/m1/s1. The highest BCUT2D eigenvalue weighted by Gasteiger charge is 2.26. The summed E-state index contributed by atoms with van der Waals surface area (Å²) in [6, 6.07) is 0. The molecule has 0 radical (unpaired) electrons. The Kier molecular flexibility index (Phi) is 5.86. The van der Waals surface area contributed by atoms with E-state index in [4.69, 9.17) is 0 Å². The van der Waals surface area contributed by atoms with Crippen molar-refractivity contribution in [3.8, 4) is 0 Å². The molecule has 1 aromatic heterocycles. The van der Waals surface area contributed by atoms with E-state index in [1.807, 2.05) is 11.6 Å². The van der Waals surface area contributed by atoms with Crippen LogP contribution in [0.1, 0.15) is 38.1 Å². The highest BCUT2D eigenvalue weighted by molar-refractivity contribution is 7.89. The number of nitrogens with one attached hydrogen (secondary N) is 1. The van der Waals surface area contributed by atoms with Gasteiger partial charge < -0.3 is 4.90 Å². The first-order chi connectivity index (χ1) is 10.7. The summed E-state index contributed by atoms with van der Waals surface area (Å²) in [5, 5.41) is 4.41. The van der Waals surface area contributed by atoms with Gasteiger partial charge >= 0.3 is 0 Å². The third-order valence-corrected chi connectivity index (χ3v) is 6.08. The fourth-order valence-electron chi connectivity index (χ4n) is 3.33. The summed E-state index contributed by atoms with van der Waals surface area (Å²) in [6.07, 6.45) is 2.21. The molecule has 1 atom stereocenters. The molecule has 0 spiro atoms. The molecule has 2 rings (SSSR count). The minimum Gasteiger partial charge on any atom is -0.306 e. The Bertz CT molecular complexity index is 637. The highest BCUT2D eigenvalue weighted by Crippen LogP contribution is 2.21. The number of likely N-dealkylation sites (tertiary alicyclic amines) is 1. The first kappa shape index (κ1) is 18.4. The zero-order chi connectivity index (χ0) is 17.2. The summed E-state index contributed by atoms with van der Waals surface area (Å²) < 4.78 is 30.1. The fourth-order valence-corrected chi connectivity index (χ4v) is 4.86. The van der Waals surface area contributed by atoms with Gasteiger partial charge in [0.15, 0.2) is 0 Å². The van der Waals surface area contributed by atoms with Gasteiger partial charge in [0.25, 0.3) is 0 Å². The average molecular weight is 343 g/mol. The van der Waals surface area contributed by atoms with Gasteiger partial charge in [-0.2, -0.15) is 5.10 Å². The van der Waals surface area contributed by atoms with Crippen molar-refractivity contribution in [3.63, 3.8) is 0 Å². The second-order valence-electron chi connectivity index (χ2n) is 7.20. The molecule has 0 amide bonds. The first-order valence-corrected chi connectivity index (χ1v) is 9.91. The predicted molar refractivity (Wildman–Crippen MR) is 91.9 cm³/mol. The van der Waals surface area contributed by atoms with Crippen molar-refractivity contribution < 1.29 is 8.42 Å². The maximum atomic E-state index is 12.7. The van der Waals surface area contributed by atoms with Crippen molar-refractivity contribution in [1.29, 1.82) is 0 Å². The number of rotatable bonds is 6. The van der Waals surface area contributed by atoms with Gasteiger partial charge in [-0.1, -0.05) is 13.8 Å². The van der Waals surface area contributed by atoms with Gasteiger partial charge in [0.1, 0.15) is 4.90 Å². The Morgan fingerprint density at radius 3 is 2.65 bits per heavy atom. The smallest absolute Gasteiger partial charge is 0.244 e. The van der Waals surface area contributed by atoms with E-state index in [2.05, 4.69) is 35.6 Å². The largest absolute Gasteiger partial charge is 0.306 e. The molecule has 7 heteroatoms. The zero-order valence-electron chi connectivity index (χ0n) is 15.0. The normalized spacial score (nSPS) is 20.3. The molecule has 23 heavy (non-hydrogen) atoms. The van der Waals surface area contributed by atoms with E-state index in [9.17, 15) is 8.42 Å². The van der Waals surface area contributed by atoms with Crippen molar-refractivity contribution in [1.82, 2.24) is 19.4 Å². The van der Waals surface area contributed by atoms with E-state index in [-0.39, 0.29) is 0 Å². The summed E-state index contributed by atoms with van der Waals surface area (Å²) in [5.41, 5.74) is 1.31. The van der Waals surface area contributed by atoms with Crippen molar-refractivity contribution in [3.05, 3.63) is 11.4 Å². The van der Waals surface area contributed by atoms with Crippen molar-refractivity contribution >= 4 is 10.0 Å². The summed E-state index contributed by atoms with van der Waals surface area (Å²) in [5.74, 6) is 0.809. The van der Waals surface area contributed by atoms with Crippen LogP contribution >= 0.6 is 0 Å². The lowest BCUT2D eigenvalue weighted by Crippen LogP contribution is -2.39. The van der Waals surface area contributed by atoms with E-state index in [0.29, 0.717) is 29.0 Å². The van der Waals surface area contributed by atoms with Gasteiger partial charge in [0.2, 0.25) is 10.0 Å². The van der Waals surface area contributed by atoms with Gasteiger partial charge in [0, 0.05) is 19.6 Å². The Morgan fingerprint density at radius 2 is 2.04 bits per heavy atom. The number of aryl methyl sites for hydroxylation is 1. The molecule has 1 aliphatic heterocycles. The van der Waals surface area contributed by atoms with Crippen molar-refractivity contribution in [2.75, 3.05) is 26.7 Å². The van der Waals surface area contributed by atoms with Crippen LogP contribution in [0.5, 0.6) is 0 Å². The number of hydrogen-bond donors (Lipinski definition) is 1. The van der Waals surface area contributed by atoms with Crippen LogP contribution in [-0.2, 0) is 16.6 Å². The summed E-state index contributed by atoms with van der Waals surface area (Å²) in [4.78, 5) is 2.61. The lowest BCUT2D eigenvalue weighted by atomic mass is 9.99. The fraction of sp³-hybridized carbons (Fsp3) is 0.812. The van der Waals surface area contributed by atoms with Crippen LogP contribution in [0.25, 0.3) is 0 Å². The van der Waals surface area contributed by atoms with Crippen LogP contribution in [0.15, 0.2) is 4.90 Å². The summed E-state index contributed by atoms with van der Waals surface area (Å²) >= 11 is 0. The molecule has 0 aliphatic carbocycles. The lowest BCUT2D eigenvalue weighted by molar-refractivity contribution is 0.211. The molecule has 1 saturated heterocycles. The summed E-state index contributed by atoms with van der Waals surface area (Å²) in [6.45, 7) is 11.1. The number of hydrogen-bond acceptors (Lipinski definition) is 4. The Hall–Kier alpha value is -0.920. The third kappa shape index (κ3) is 4.55. The summed E-state index contributed by atoms with van der Waals surface area (Å²) in [7, 11) is -1.42. The van der Waals surface area contributed by atoms with E-state index in [1.165, 1.54) is 0 Å². The molecule has 1 N–H and O–H groups in total. The van der Waals surface area contributed by atoms with E-state index in [1.54, 1.807) is 6.92 Å². The van der Waals surface area contributed by atoms with Crippen molar-refractivity contribution in [2.24, 2.45) is 11.8 Å². The molecule has 2 heterocycles. The first-order valence-electron chi connectivity index (χ1n) is 8.43. The minimum absolute atomic E-state index is 0.349. The van der Waals surface area contributed by atoms with Crippen LogP contribution < -0.4 is 4.72 Å². The van der Waals surface area contributed by atoms with Gasteiger partial charge in [-0.15, -0.1) is 0 Å². The molecule has 1 fully saturated rings. The van der Waals surface area contributed by atoms with Crippen LogP contribution in [0, 0.1) is 25.7 Å². The van der Waals surface area contributed by atoms with Crippen LogP contribution in [0.2, 0.25) is 0 Å². The molecule has 0 saturated carbocycles. The number of aromatic nitrogens is 2. The van der Waals surface area contributed by atoms with Crippen LogP contribution in [0.4, 0.5) is 0 Å². The highest BCUT2D eigenvalue weighted by atomic mass is 32.2. The van der Waals surface area contributed by atoms with E-state index >= 15 is 0 Å². The zero-order valence-corrected chi connectivity index (χ0v) is 15.8. The molecule has 0 unspecified atom stereocenters. The average Bonchev–Trinajstić information content (AvgIpc) is 2.71. The maximum absolute atomic E-state index is 12.7. The van der Waals surface area contributed by atoms with Crippen molar-refractivity contribution in [2.45, 2.75) is 52.0 Å². The predicted octanol–water partition coefficient (Wildman–Crippen LogP) is 1.78. The molecule has 1 aliphatic rings. The number of nitrogens with zero attached hydrogens (tertiary/aromatic N) is 3. The van der Waals surface area contributed by atoms with Crippen LogP contribution in [0.3, 0.4) is 0 Å². The molecule has 6 nitrogen and oxygen atoms in total. The Morgan fingerprint density at radius 1 is 1.35 bits per heavy atom. The Labute approximate surface area is 140 Å². The molecule has 132 valence electrons. The van der Waals surface area contributed by atoms with E-state index < -0.39 is 10.0 Å².